The van der Waals surface area contributed by atoms with Crippen molar-refractivity contribution in [3.05, 3.63) is 29.6 Å². The standard InChI is InChI=1S/C11H13F3N2O2S/c12-11(13,14)9-1-3-16-5-8(9)10(15)7-2-4-19(17,18)6-7/h1,3,5,7,10H,2,4,6,15H2. The molecule has 2 N–H and O–H groups in total. The van der Waals surface area contributed by atoms with Crippen LogP contribution in [0.25, 0.3) is 0 Å². The zero-order chi connectivity index (χ0) is 14.3. The largest absolute Gasteiger partial charge is 0.416 e. The van der Waals surface area contributed by atoms with Gasteiger partial charge in [0.1, 0.15) is 0 Å². The minimum Gasteiger partial charge on any atom is -0.324 e. The number of alkyl halides is 3. The number of rotatable bonds is 2. The van der Waals surface area contributed by atoms with Crippen LogP contribution in [0.1, 0.15) is 23.6 Å². The van der Waals surface area contributed by atoms with Gasteiger partial charge in [0, 0.05) is 18.4 Å². The van der Waals surface area contributed by atoms with E-state index in [4.69, 9.17) is 5.73 Å². The minimum atomic E-state index is -4.52. The maximum Gasteiger partial charge on any atom is 0.416 e. The third kappa shape index (κ3) is 3.06. The number of hydrogen-bond donors (Lipinski definition) is 1. The molecule has 0 amide bonds. The van der Waals surface area contributed by atoms with E-state index in [1.807, 2.05) is 0 Å². The minimum absolute atomic E-state index is 0.0209. The number of halogens is 3. The van der Waals surface area contributed by atoms with Crippen molar-refractivity contribution in [2.24, 2.45) is 11.7 Å². The molecule has 1 aromatic rings. The van der Waals surface area contributed by atoms with Crippen molar-refractivity contribution in [3.8, 4) is 0 Å². The summed E-state index contributed by atoms with van der Waals surface area (Å²) in [7, 11) is -3.18. The molecule has 2 rings (SSSR count). The average Bonchev–Trinajstić information content (AvgIpc) is 2.68. The summed E-state index contributed by atoms with van der Waals surface area (Å²) in [5.74, 6) is -0.678. The van der Waals surface area contributed by atoms with Gasteiger partial charge >= 0.3 is 6.18 Å². The van der Waals surface area contributed by atoms with Crippen LogP contribution in [0.4, 0.5) is 13.2 Å². The van der Waals surface area contributed by atoms with E-state index in [1.54, 1.807) is 0 Å². The molecule has 19 heavy (non-hydrogen) atoms. The molecule has 1 fully saturated rings. The zero-order valence-electron chi connectivity index (χ0n) is 9.89. The van der Waals surface area contributed by atoms with Crippen molar-refractivity contribution >= 4 is 9.84 Å². The van der Waals surface area contributed by atoms with E-state index >= 15 is 0 Å². The summed E-state index contributed by atoms with van der Waals surface area (Å²) in [6, 6.07) is -0.110. The Morgan fingerprint density at radius 3 is 2.63 bits per heavy atom. The van der Waals surface area contributed by atoms with Gasteiger partial charge in [-0.1, -0.05) is 0 Å². The predicted octanol–water partition coefficient (Wildman–Crippen LogP) is 1.53. The van der Waals surface area contributed by atoms with Gasteiger partial charge in [-0.15, -0.1) is 0 Å². The third-order valence-electron chi connectivity index (χ3n) is 3.29. The van der Waals surface area contributed by atoms with Gasteiger partial charge in [-0.3, -0.25) is 4.98 Å². The van der Waals surface area contributed by atoms with Gasteiger partial charge in [0.15, 0.2) is 9.84 Å². The highest BCUT2D eigenvalue weighted by Crippen LogP contribution is 2.37. The Balaban J connectivity index is 2.32. The molecule has 0 bridgehead atoms. The Morgan fingerprint density at radius 2 is 2.11 bits per heavy atom. The SMILES string of the molecule is NC(c1cnccc1C(F)(F)F)C1CCS(=O)(=O)C1. The Labute approximate surface area is 108 Å². The van der Waals surface area contributed by atoms with Crippen molar-refractivity contribution in [3.63, 3.8) is 0 Å². The van der Waals surface area contributed by atoms with E-state index in [2.05, 4.69) is 4.98 Å². The van der Waals surface area contributed by atoms with Crippen LogP contribution in [-0.4, -0.2) is 24.9 Å². The van der Waals surface area contributed by atoms with Crippen LogP contribution in [-0.2, 0) is 16.0 Å². The quantitative estimate of drug-likeness (QED) is 0.898. The van der Waals surface area contributed by atoms with E-state index in [-0.39, 0.29) is 23.5 Å². The van der Waals surface area contributed by atoms with Gasteiger partial charge in [0.2, 0.25) is 0 Å². The summed E-state index contributed by atoms with van der Waals surface area (Å²) >= 11 is 0. The summed E-state index contributed by atoms with van der Waals surface area (Å²) in [5.41, 5.74) is 4.82. The second-order valence-electron chi connectivity index (χ2n) is 4.65. The highest BCUT2D eigenvalue weighted by Gasteiger charge is 2.39. The molecule has 1 aliphatic rings. The van der Waals surface area contributed by atoms with Crippen LogP contribution in [0, 0.1) is 5.92 Å². The molecule has 2 atom stereocenters. The molecule has 2 unspecified atom stereocenters. The Morgan fingerprint density at radius 1 is 1.42 bits per heavy atom. The van der Waals surface area contributed by atoms with Gasteiger partial charge in [-0.05, 0) is 24.0 Å². The molecule has 106 valence electrons. The third-order valence-corrected chi connectivity index (χ3v) is 5.09. The topological polar surface area (TPSA) is 73.0 Å². The second-order valence-corrected chi connectivity index (χ2v) is 6.88. The van der Waals surface area contributed by atoms with Crippen LogP contribution in [0.5, 0.6) is 0 Å². The van der Waals surface area contributed by atoms with Crippen molar-refractivity contribution in [2.75, 3.05) is 11.5 Å². The molecular weight excluding hydrogens is 281 g/mol. The molecular formula is C11H13F3N2O2S. The molecule has 2 heterocycles. The summed E-state index contributed by atoms with van der Waals surface area (Å²) in [6.07, 6.45) is -2.12. The van der Waals surface area contributed by atoms with Gasteiger partial charge in [-0.2, -0.15) is 13.2 Å². The fourth-order valence-electron chi connectivity index (χ4n) is 2.29. The molecule has 1 saturated heterocycles. The predicted molar refractivity (Wildman–Crippen MR) is 62.9 cm³/mol. The van der Waals surface area contributed by atoms with Gasteiger partial charge < -0.3 is 5.73 Å². The lowest BCUT2D eigenvalue weighted by atomic mass is 9.91. The maximum atomic E-state index is 12.8. The number of aromatic nitrogens is 1. The van der Waals surface area contributed by atoms with E-state index in [0.717, 1.165) is 18.5 Å². The van der Waals surface area contributed by atoms with E-state index in [0.29, 0.717) is 0 Å². The van der Waals surface area contributed by atoms with Crippen molar-refractivity contribution in [2.45, 2.75) is 18.6 Å². The van der Waals surface area contributed by atoms with Crippen LogP contribution in [0.15, 0.2) is 18.5 Å². The first kappa shape index (κ1) is 14.3. The zero-order valence-corrected chi connectivity index (χ0v) is 10.7. The Hall–Kier alpha value is -1.15. The summed E-state index contributed by atoms with van der Waals surface area (Å²) in [4.78, 5) is 3.66. The Kier molecular flexibility index (Phi) is 3.57. The molecule has 0 aliphatic carbocycles. The van der Waals surface area contributed by atoms with Crippen LogP contribution in [0.2, 0.25) is 0 Å². The number of nitrogens with two attached hydrogens (primary N) is 1. The molecule has 4 nitrogen and oxygen atoms in total. The molecule has 0 spiro atoms. The van der Waals surface area contributed by atoms with Crippen molar-refractivity contribution in [1.82, 2.24) is 4.98 Å². The summed E-state index contributed by atoms with van der Waals surface area (Å²) in [6.45, 7) is 0. The molecule has 1 aliphatic heterocycles. The van der Waals surface area contributed by atoms with Gasteiger partial charge in [0.05, 0.1) is 17.1 Å². The lowest BCUT2D eigenvalue weighted by Gasteiger charge is -2.21. The molecule has 0 radical (unpaired) electrons. The van der Waals surface area contributed by atoms with Gasteiger partial charge in [-0.25, -0.2) is 8.42 Å². The maximum absolute atomic E-state index is 12.8. The first-order valence-electron chi connectivity index (χ1n) is 5.68. The second kappa shape index (κ2) is 4.75. The van der Waals surface area contributed by atoms with E-state index in [1.165, 1.54) is 0 Å². The van der Waals surface area contributed by atoms with Crippen molar-refractivity contribution in [1.29, 1.82) is 0 Å². The van der Waals surface area contributed by atoms with Crippen LogP contribution < -0.4 is 5.73 Å². The monoisotopic (exact) mass is 294 g/mol. The highest BCUT2D eigenvalue weighted by atomic mass is 32.2. The Bertz CT molecular complexity index is 572. The molecule has 8 heteroatoms. The van der Waals surface area contributed by atoms with Crippen molar-refractivity contribution < 1.29 is 21.6 Å². The fourth-order valence-corrected chi connectivity index (χ4v) is 4.15. The first-order valence-corrected chi connectivity index (χ1v) is 7.50. The first-order chi connectivity index (χ1) is 8.71. The lowest BCUT2D eigenvalue weighted by molar-refractivity contribution is -0.138. The van der Waals surface area contributed by atoms with Crippen LogP contribution >= 0.6 is 0 Å². The molecule has 1 aromatic heterocycles. The molecule has 0 saturated carbocycles. The highest BCUT2D eigenvalue weighted by molar-refractivity contribution is 7.91. The molecule has 0 aromatic carbocycles. The number of sulfone groups is 1. The summed E-state index contributed by atoms with van der Waals surface area (Å²) < 4.78 is 61.3. The fraction of sp³-hybridized carbons (Fsp3) is 0.545. The number of hydrogen-bond acceptors (Lipinski definition) is 4. The van der Waals surface area contributed by atoms with E-state index < -0.39 is 33.5 Å². The van der Waals surface area contributed by atoms with Gasteiger partial charge in [0.25, 0.3) is 0 Å². The average molecular weight is 294 g/mol. The number of nitrogens with zero attached hydrogens (tertiary/aromatic N) is 1. The smallest absolute Gasteiger partial charge is 0.324 e. The normalized spacial score (nSPS) is 24.3. The number of pyridine rings is 1. The lowest BCUT2D eigenvalue weighted by Crippen LogP contribution is -2.25. The van der Waals surface area contributed by atoms with E-state index in [9.17, 15) is 21.6 Å². The summed E-state index contributed by atoms with van der Waals surface area (Å²) in [5, 5.41) is 0. The van der Waals surface area contributed by atoms with Crippen LogP contribution in [0.3, 0.4) is 0 Å².